The van der Waals surface area contributed by atoms with Crippen LogP contribution >= 0.6 is 0 Å². The summed E-state index contributed by atoms with van der Waals surface area (Å²) in [6.07, 6.45) is 11.7. The van der Waals surface area contributed by atoms with Gasteiger partial charge in [-0.3, -0.25) is 0 Å². The molecule has 0 atom stereocenters. The number of nitrogen functional groups attached to an aromatic ring is 1. The highest BCUT2D eigenvalue weighted by atomic mass is 15.5. The first-order valence-corrected chi connectivity index (χ1v) is 7.07. The van der Waals surface area contributed by atoms with E-state index in [1.54, 1.807) is 0 Å². The van der Waals surface area contributed by atoms with E-state index in [0.29, 0.717) is 17.8 Å². The molecule has 0 radical (unpaired) electrons. The van der Waals surface area contributed by atoms with Gasteiger partial charge in [-0.15, -0.1) is 5.10 Å². The zero-order valence-corrected chi connectivity index (χ0v) is 10.4. The average molecular weight is 234 g/mol. The van der Waals surface area contributed by atoms with Gasteiger partial charge in [0.1, 0.15) is 0 Å². The molecule has 0 saturated heterocycles. The highest BCUT2D eigenvalue weighted by Crippen LogP contribution is 2.39. The molecule has 4 heteroatoms. The van der Waals surface area contributed by atoms with Crippen LogP contribution in [0.15, 0.2) is 0 Å². The van der Waals surface area contributed by atoms with E-state index in [0.717, 1.165) is 0 Å². The maximum Gasteiger partial charge on any atom is 0.169 e. The fourth-order valence-corrected chi connectivity index (χ4v) is 3.50. The van der Waals surface area contributed by atoms with Gasteiger partial charge in [-0.25, -0.2) is 4.68 Å². The first-order valence-electron chi connectivity index (χ1n) is 7.07. The second-order valence-electron chi connectivity index (χ2n) is 5.58. The second-order valence-corrected chi connectivity index (χ2v) is 5.58. The molecule has 1 heterocycles. The fourth-order valence-electron chi connectivity index (χ4n) is 3.50. The molecule has 94 valence electrons. The molecule has 0 bridgehead atoms. The normalized spacial score (nSPS) is 23.3. The molecule has 2 saturated carbocycles. The summed E-state index contributed by atoms with van der Waals surface area (Å²) in [7, 11) is 0. The molecule has 0 aromatic carbocycles. The van der Waals surface area contributed by atoms with E-state index in [1.807, 2.05) is 0 Å². The van der Waals surface area contributed by atoms with Gasteiger partial charge in [0.2, 0.25) is 0 Å². The van der Waals surface area contributed by atoms with Crippen LogP contribution in [0.25, 0.3) is 0 Å². The highest BCUT2D eigenvalue weighted by molar-refractivity contribution is 5.36. The third kappa shape index (κ3) is 2.05. The highest BCUT2D eigenvalue weighted by Gasteiger charge is 2.28. The molecule has 0 aliphatic heterocycles. The van der Waals surface area contributed by atoms with Gasteiger partial charge >= 0.3 is 0 Å². The van der Waals surface area contributed by atoms with Crippen LogP contribution in [0.5, 0.6) is 0 Å². The van der Waals surface area contributed by atoms with Crippen LogP contribution in [-0.4, -0.2) is 15.0 Å². The van der Waals surface area contributed by atoms with Crippen molar-refractivity contribution < 1.29 is 0 Å². The molecule has 0 spiro atoms. The SMILES string of the molecule is Nc1nnn(C2CCCCC2)c1C1CCCC1. The molecular weight excluding hydrogens is 212 g/mol. The van der Waals surface area contributed by atoms with Crippen LogP contribution in [0.4, 0.5) is 5.82 Å². The van der Waals surface area contributed by atoms with Crippen molar-refractivity contribution >= 4 is 5.82 Å². The van der Waals surface area contributed by atoms with Crippen molar-refractivity contribution in [3.8, 4) is 0 Å². The molecule has 1 aromatic heterocycles. The Kier molecular flexibility index (Phi) is 3.04. The van der Waals surface area contributed by atoms with Crippen molar-refractivity contribution in [1.82, 2.24) is 15.0 Å². The van der Waals surface area contributed by atoms with E-state index < -0.39 is 0 Å². The van der Waals surface area contributed by atoms with Crippen molar-refractivity contribution in [2.75, 3.05) is 5.73 Å². The van der Waals surface area contributed by atoms with E-state index in [-0.39, 0.29) is 0 Å². The molecular formula is C13H22N4. The first-order chi connectivity index (χ1) is 8.36. The largest absolute Gasteiger partial charge is 0.381 e. The van der Waals surface area contributed by atoms with E-state index >= 15 is 0 Å². The summed E-state index contributed by atoms with van der Waals surface area (Å²) in [5.74, 6) is 1.30. The van der Waals surface area contributed by atoms with Crippen molar-refractivity contribution in [1.29, 1.82) is 0 Å². The van der Waals surface area contributed by atoms with Crippen LogP contribution in [-0.2, 0) is 0 Å². The van der Waals surface area contributed by atoms with E-state index in [1.165, 1.54) is 63.5 Å². The summed E-state index contributed by atoms with van der Waals surface area (Å²) in [4.78, 5) is 0. The Hall–Kier alpha value is -1.06. The molecule has 2 aliphatic rings. The Balaban J connectivity index is 1.87. The smallest absolute Gasteiger partial charge is 0.169 e. The number of aromatic nitrogens is 3. The summed E-state index contributed by atoms with van der Waals surface area (Å²) in [5, 5.41) is 8.45. The lowest BCUT2D eigenvalue weighted by Gasteiger charge is -2.24. The van der Waals surface area contributed by atoms with Crippen molar-refractivity contribution in [3.05, 3.63) is 5.69 Å². The zero-order valence-electron chi connectivity index (χ0n) is 10.4. The van der Waals surface area contributed by atoms with Crippen LogP contribution in [0.1, 0.15) is 75.4 Å². The third-order valence-electron chi connectivity index (χ3n) is 4.42. The number of nitrogens with two attached hydrogens (primary N) is 1. The van der Waals surface area contributed by atoms with Gasteiger partial charge in [0.05, 0.1) is 11.7 Å². The van der Waals surface area contributed by atoms with Crippen molar-refractivity contribution in [2.45, 2.75) is 69.7 Å². The number of anilines is 1. The quantitative estimate of drug-likeness (QED) is 0.855. The number of nitrogens with zero attached hydrogens (tertiary/aromatic N) is 3. The Morgan fingerprint density at radius 3 is 2.29 bits per heavy atom. The van der Waals surface area contributed by atoms with Gasteiger partial charge in [-0.1, -0.05) is 37.3 Å². The van der Waals surface area contributed by atoms with E-state index in [4.69, 9.17) is 5.73 Å². The number of hydrogen-bond acceptors (Lipinski definition) is 3. The maximum absolute atomic E-state index is 6.03. The van der Waals surface area contributed by atoms with Gasteiger partial charge in [0, 0.05) is 5.92 Å². The average Bonchev–Trinajstić information content (AvgIpc) is 2.99. The molecule has 2 fully saturated rings. The Morgan fingerprint density at radius 2 is 1.59 bits per heavy atom. The lowest BCUT2D eigenvalue weighted by atomic mass is 9.94. The van der Waals surface area contributed by atoms with Gasteiger partial charge in [0.25, 0.3) is 0 Å². The third-order valence-corrected chi connectivity index (χ3v) is 4.42. The van der Waals surface area contributed by atoms with Crippen LogP contribution in [0.2, 0.25) is 0 Å². The predicted octanol–water partition coefficient (Wildman–Crippen LogP) is 3.02. The van der Waals surface area contributed by atoms with Crippen molar-refractivity contribution in [3.63, 3.8) is 0 Å². The van der Waals surface area contributed by atoms with Crippen LogP contribution < -0.4 is 5.73 Å². The minimum atomic E-state index is 0.559. The molecule has 0 unspecified atom stereocenters. The lowest BCUT2D eigenvalue weighted by Crippen LogP contribution is -2.18. The molecule has 17 heavy (non-hydrogen) atoms. The molecule has 0 amide bonds. The monoisotopic (exact) mass is 234 g/mol. The number of hydrogen-bond donors (Lipinski definition) is 1. The predicted molar refractivity (Wildman–Crippen MR) is 67.8 cm³/mol. The minimum absolute atomic E-state index is 0.559. The molecule has 4 nitrogen and oxygen atoms in total. The zero-order chi connectivity index (χ0) is 11.7. The minimum Gasteiger partial charge on any atom is -0.381 e. The lowest BCUT2D eigenvalue weighted by molar-refractivity contribution is 0.312. The first kappa shape index (κ1) is 11.1. The summed E-state index contributed by atoms with van der Waals surface area (Å²) < 4.78 is 2.17. The molecule has 1 aromatic rings. The number of rotatable bonds is 2. The van der Waals surface area contributed by atoms with Gasteiger partial charge < -0.3 is 5.73 Å². The van der Waals surface area contributed by atoms with E-state index in [2.05, 4.69) is 15.0 Å². The van der Waals surface area contributed by atoms with Crippen molar-refractivity contribution in [2.24, 2.45) is 0 Å². The maximum atomic E-state index is 6.03. The molecule has 2 aliphatic carbocycles. The Morgan fingerprint density at radius 1 is 0.941 bits per heavy atom. The Labute approximate surface area is 103 Å². The summed E-state index contributed by atoms with van der Waals surface area (Å²) in [6.45, 7) is 0. The second kappa shape index (κ2) is 4.67. The van der Waals surface area contributed by atoms with E-state index in [9.17, 15) is 0 Å². The standard InChI is InChI=1S/C13H22N4/c14-13-12(10-6-4-5-7-10)17(16-15-13)11-8-2-1-3-9-11/h10-11H,1-9,14H2. The van der Waals surface area contributed by atoms with Crippen LogP contribution in [0, 0.1) is 0 Å². The van der Waals surface area contributed by atoms with Gasteiger partial charge in [0.15, 0.2) is 5.82 Å². The van der Waals surface area contributed by atoms with Gasteiger partial charge in [-0.05, 0) is 25.7 Å². The molecule has 3 rings (SSSR count). The Bertz CT molecular complexity index is 373. The fraction of sp³-hybridized carbons (Fsp3) is 0.846. The summed E-state index contributed by atoms with van der Waals surface area (Å²) in [5.41, 5.74) is 7.28. The summed E-state index contributed by atoms with van der Waals surface area (Å²) in [6, 6.07) is 0.559. The van der Waals surface area contributed by atoms with Crippen LogP contribution in [0.3, 0.4) is 0 Å². The van der Waals surface area contributed by atoms with Gasteiger partial charge in [-0.2, -0.15) is 0 Å². The molecule has 2 N–H and O–H groups in total. The summed E-state index contributed by atoms with van der Waals surface area (Å²) >= 11 is 0. The topological polar surface area (TPSA) is 56.7 Å².